The summed E-state index contributed by atoms with van der Waals surface area (Å²) >= 11 is 0. The third kappa shape index (κ3) is 4.85. The summed E-state index contributed by atoms with van der Waals surface area (Å²) in [5, 5.41) is 3.80. The molecule has 1 unspecified atom stereocenters. The van der Waals surface area contributed by atoms with Crippen molar-refractivity contribution in [2.45, 2.75) is 84.1 Å². The van der Waals surface area contributed by atoms with E-state index in [1.54, 1.807) is 0 Å². The van der Waals surface area contributed by atoms with Crippen LogP contribution in [0.2, 0.25) is 0 Å². The van der Waals surface area contributed by atoms with Gasteiger partial charge in [-0.1, -0.05) is 83.7 Å². The second-order valence-corrected chi connectivity index (χ2v) is 6.19. The van der Waals surface area contributed by atoms with Gasteiger partial charge in [0.05, 0.1) is 0 Å². The van der Waals surface area contributed by atoms with E-state index in [4.69, 9.17) is 0 Å². The molecule has 0 aliphatic heterocycles. The second-order valence-electron chi connectivity index (χ2n) is 6.19. The van der Waals surface area contributed by atoms with E-state index in [1.807, 2.05) is 0 Å². The maximum Gasteiger partial charge on any atom is 0.0164 e. The third-order valence-electron chi connectivity index (χ3n) is 5.07. The molecule has 0 spiro atoms. The van der Waals surface area contributed by atoms with E-state index in [-0.39, 0.29) is 5.41 Å². The van der Waals surface area contributed by atoms with Crippen LogP contribution in [0.5, 0.6) is 0 Å². The lowest BCUT2D eigenvalue weighted by Crippen LogP contribution is -2.48. The summed E-state index contributed by atoms with van der Waals surface area (Å²) < 4.78 is 0. The standard InChI is InChI=1S/C20H35N/c1-5-9-10-14-17-19(21-8-4)20(6-2,7-3)18-15-12-11-13-16-18/h11-13,15-16,19,21H,5-10,14,17H2,1-4H3. The maximum atomic E-state index is 3.80. The van der Waals surface area contributed by atoms with Crippen LogP contribution in [0.25, 0.3) is 0 Å². The van der Waals surface area contributed by atoms with Gasteiger partial charge >= 0.3 is 0 Å². The minimum Gasteiger partial charge on any atom is -0.313 e. The highest BCUT2D eigenvalue weighted by molar-refractivity contribution is 5.27. The summed E-state index contributed by atoms with van der Waals surface area (Å²) in [4.78, 5) is 0. The molecule has 0 aromatic heterocycles. The quantitative estimate of drug-likeness (QED) is 0.516. The fraction of sp³-hybridized carbons (Fsp3) is 0.700. The molecule has 1 aromatic rings. The molecule has 0 saturated carbocycles. The van der Waals surface area contributed by atoms with Crippen molar-refractivity contribution in [3.8, 4) is 0 Å². The van der Waals surface area contributed by atoms with Crippen molar-refractivity contribution in [2.75, 3.05) is 6.54 Å². The molecule has 0 aliphatic carbocycles. The molecule has 21 heavy (non-hydrogen) atoms. The zero-order chi connectivity index (χ0) is 15.6. The molecule has 0 saturated heterocycles. The number of benzene rings is 1. The maximum absolute atomic E-state index is 3.80. The first-order valence-corrected chi connectivity index (χ1v) is 9.04. The van der Waals surface area contributed by atoms with Crippen LogP contribution in [0.1, 0.15) is 78.2 Å². The lowest BCUT2D eigenvalue weighted by Gasteiger charge is -2.41. The van der Waals surface area contributed by atoms with E-state index in [9.17, 15) is 0 Å². The van der Waals surface area contributed by atoms with Crippen LogP contribution in [0.3, 0.4) is 0 Å². The Morgan fingerprint density at radius 1 is 0.905 bits per heavy atom. The molecular formula is C20H35N. The minimum atomic E-state index is 0.281. The Kier molecular flexibility index (Phi) is 8.68. The Labute approximate surface area is 132 Å². The number of likely N-dealkylation sites (N-methyl/N-ethyl adjacent to an activating group) is 1. The molecule has 1 heteroatoms. The molecule has 0 heterocycles. The molecule has 0 aliphatic rings. The Morgan fingerprint density at radius 3 is 2.10 bits per heavy atom. The fourth-order valence-electron chi connectivity index (χ4n) is 3.72. The van der Waals surface area contributed by atoms with Crippen LogP contribution < -0.4 is 5.32 Å². The van der Waals surface area contributed by atoms with E-state index >= 15 is 0 Å². The molecule has 1 aromatic carbocycles. The van der Waals surface area contributed by atoms with Crippen LogP contribution in [0, 0.1) is 0 Å². The minimum absolute atomic E-state index is 0.281. The number of unbranched alkanes of at least 4 members (excludes halogenated alkanes) is 3. The second kappa shape index (κ2) is 10.00. The van der Waals surface area contributed by atoms with E-state index in [0.29, 0.717) is 6.04 Å². The van der Waals surface area contributed by atoms with Gasteiger partial charge in [0.15, 0.2) is 0 Å². The molecule has 1 atom stereocenters. The molecule has 0 amide bonds. The lowest BCUT2D eigenvalue weighted by molar-refractivity contribution is 0.255. The van der Waals surface area contributed by atoms with Gasteiger partial charge in [0.1, 0.15) is 0 Å². The van der Waals surface area contributed by atoms with Gasteiger partial charge in [-0.05, 0) is 31.4 Å². The highest BCUT2D eigenvalue weighted by Gasteiger charge is 2.36. The summed E-state index contributed by atoms with van der Waals surface area (Å²) in [5.74, 6) is 0. The van der Waals surface area contributed by atoms with Gasteiger partial charge in [0.25, 0.3) is 0 Å². The van der Waals surface area contributed by atoms with Crippen molar-refractivity contribution < 1.29 is 0 Å². The number of hydrogen-bond donors (Lipinski definition) is 1. The van der Waals surface area contributed by atoms with Crippen LogP contribution >= 0.6 is 0 Å². The predicted octanol–water partition coefficient (Wildman–Crippen LogP) is 5.69. The van der Waals surface area contributed by atoms with Crippen LogP contribution in [-0.4, -0.2) is 12.6 Å². The Bertz CT molecular complexity index is 353. The molecule has 0 radical (unpaired) electrons. The average Bonchev–Trinajstić information content (AvgIpc) is 2.54. The fourth-order valence-corrected chi connectivity index (χ4v) is 3.72. The summed E-state index contributed by atoms with van der Waals surface area (Å²) in [5.41, 5.74) is 1.79. The predicted molar refractivity (Wildman–Crippen MR) is 94.9 cm³/mol. The smallest absolute Gasteiger partial charge is 0.0164 e. The normalized spacial score (nSPS) is 13.3. The van der Waals surface area contributed by atoms with Crippen molar-refractivity contribution in [1.29, 1.82) is 0 Å². The highest BCUT2D eigenvalue weighted by atomic mass is 14.9. The van der Waals surface area contributed by atoms with Crippen molar-refractivity contribution >= 4 is 0 Å². The van der Waals surface area contributed by atoms with Gasteiger partial charge in [-0.2, -0.15) is 0 Å². The summed E-state index contributed by atoms with van der Waals surface area (Å²) in [6, 6.07) is 11.7. The van der Waals surface area contributed by atoms with Gasteiger partial charge in [-0.15, -0.1) is 0 Å². The van der Waals surface area contributed by atoms with E-state index in [2.05, 4.69) is 63.3 Å². The van der Waals surface area contributed by atoms with Crippen molar-refractivity contribution in [2.24, 2.45) is 0 Å². The van der Waals surface area contributed by atoms with Gasteiger partial charge in [-0.3, -0.25) is 0 Å². The topological polar surface area (TPSA) is 12.0 Å². The zero-order valence-corrected chi connectivity index (χ0v) is 14.6. The molecule has 1 rings (SSSR count). The van der Waals surface area contributed by atoms with E-state index in [0.717, 1.165) is 6.54 Å². The van der Waals surface area contributed by atoms with Crippen LogP contribution in [0.15, 0.2) is 30.3 Å². The molecular weight excluding hydrogens is 254 g/mol. The third-order valence-corrected chi connectivity index (χ3v) is 5.07. The van der Waals surface area contributed by atoms with Gasteiger partial charge in [-0.25, -0.2) is 0 Å². The van der Waals surface area contributed by atoms with Crippen LogP contribution in [0.4, 0.5) is 0 Å². The molecule has 1 N–H and O–H groups in total. The first-order valence-electron chi connectivity index (χ1n) is 9.04. The molecule has 0 fully saturated rings. The Morgan fingerprint density at radius 2 is 1.57 bits per heavy atom. The summed E-state index contributed by atoms with van der Waals surface area (Å²) in [6.45, 7) is 10.3. The van der Waals surface area contributed by atoms with Crippen molar-refractivity contribution in [3.63, 3.8) is 0 Å². The molecule has 0 bridgehead atoms. The molecule has 120 valence electrons. The SMILES string of the molecule is CCCCCCC(NCC)C(CC)(CC)c1ccccc1. The number of rotatable bonds is 11. The number of hydrogen-bond acceptors (Lipinski definition) is 1. The van der Waals surface area contributed by atoms with E-state index < -0.39 is 0 Å². The average molecular weight is 290 g/mol. The largest absolute Gasteiger partial charge is 0.313 e. The molecule has 1 nitrogen and oxygen atoms in total. The van der Waals surface area contributed by atoms with Crippen molar-refractivity contribution in [1.82, 2.24) is 5.32 Å². The zero-order valence-electron chi connectivity index (χ0n) is 14.6. The van der Waals surface area contributed by atoms with Gasteiger partial charge in [0.2, 0.25) is 0 Å². The Hall–Kier alpha value is -0.820. The van der Waals surface area contributed by atoms with E-state index in [1.165, 1.54) is 50.5 Å². The van der Waals surface area contributed by atoms with Crippen molar-refractivity contribution in [3.05, 3.63) is 35.9 Å². The lowest BCUT2D eigenvalue weighted by atomic mass is 9.68. The first-order chi connectivity index (χ1) is 10.2. The van der Waals surface area contributed by atoms with Crippen LogP contribution in [-0.2, 0) is 5.41 Å². The highest BCUT2D eigenvalue weighted by Crippen LogP contribution is 2.37. The van der Waals surface area contributed by atoms with Gasteiger partial charge in [0, 0.05) is 11.5 Å². The van der Waals surface area contributed by atoms with Gasteiger partial charge < -0.3 is 5.32 Å². The Balaban J connectivity index is 2.91. The number of nitrogens with one attached hydrogen (secondary N) is 1. The monoisotopic (exact) mass is 289 g/mol. The first kappa shape index (κ1) is 18.2. The summed E-state index contributed by atoms with van der Waals surface area (Å²) in [6.07, 6.45) is 9.12. The summed E-state index contributed by atoms with van der Waals surface area (Å²) in [7, 11) is 0.